The number of hydrogen-bond donors (Lipinski definition) is 1. The summed E-state index contributed by atoms with van der Waals surface area (Å²) < 4.78 is 15.1. The van der Waals surface area contributed by atoms with Crippen LogP contribution < -0.4 is 5.32 Å². The number of hydrogen-bond acceptors (Lipinski definition) is 4. The van der Waals surface area contributed by atoms with Crippen molar-refractivity contribution in [1.82, 2.24) is 19.6 Å². The van der Waals surface area contributed by atoms with Crippen LogP contribution in [0.2, 0.25) is 0 Å². The van der Waals surface area contributed by atoms with Crippen molar-refractivity contribution in [2.45, 2.75) is 18.8 Å². The van der Waals surface area contributed by atoms with Gasteiger partial charge in [0.15, 0.2) is 0 Å². The van der Waals surface area contributed by atoms with Crippen molar-refractivity contribution in [2.75, 3.05) is 38.0 Å². The molecule has 2 fully saturated rings. The summed E-state index contributed by atoms with van der Waals surface area (Å²) in [5.41, 5.74) is 2.88. The molecule has 0 bridgehead atoms. The minimum Gasteiger partial charge on any atom is -0.335 e. The Morgan fingerprint density at radius 2 is 1.73 bits per heavy atom. The summed E-state index contributed by atoms with van der Waals surface area (Å²) in [6.45, 7) is 2.45. The maximum Gasteiger partial charge on any atom is 0.272 e. The van der Waals surface area contributed by atoms with Crippen molar-refractivity contribution in [1.29, 1.82) is 0 Å². The first-order valence-electron chi connectivity index (χ1n) is 11.3. The Morgan fingerprint density at radius 1 is 0.970 bits per heavy atom. The molecule has 170 valence electrons. The van der Waals surface area contributed by atoms with E-state index in [-0.39, 0.29) is 24.2 Å². The molecule has 3 aromatic rings. The van der Waals surface area contributed by atoms with E-state index in [0.717, 1.165) is 24.2 Å². The molecule has 1 aromatic heterocycles. The van der Waals surface area contributed by atoms with E-state index in [9.17, 15) is 14.0 Å². The van der Waals surface area contributed by atoms with Crippen LogP contribution in [0.3, 0.4) is 0 Å². The van der Waals surface area contributed by atoms with Crippen molar-refractivity contribution in [3.63, 3.8) is 0 Å². The molecule has 1 aliphatic carbocycles. The molecule has 2 heterocycles. The third-order valence-electron chi connectivity index (χ3n) is 6.08. The predicted octanol–water partition coefficient (Wildman–Crippen LogP) is 3.29. The number of nitrogens with one attached hydrogen (secondary N) is 1. The Bertz CT molecular complexity index is 1150. The molecule has 0 spiro atoms. The smallest absolute Gasteiger partial charge is 0.272 e. The minimum absolute atomic E-state index is 0.0397. The lowest BCUT2D eigenvalue weighted by Crippen LogP contribution is -2.50. The average molecular weight is 448 g/mol. The highest BCUT2D eigenvalue weighted by Crippen LogP contribution is 2.39. The van der Waals surface area contributed by atoms with Crippen LogP contribution in [0.25, 0.3) is 5.69 Å². The van der Waals surface area contributed by atoms with E-state index in [4.69, 9.17) is 5.10 Å². The maximum atomic E-state index is 13.4. The number of para-hydroxylation sites is 1. The zero-order valence-electron chi connectivity index (χ0n) is 18.3. The van der Waals surface area contributed by atoms with Gasteiger partial charge in [-0.15, -0.1) is 0 Å². The van der Waals surface area contributed by atoms with E-state index in [1.54, 1.807) is 16.8 Å². The Balaban J connectivity index is 1.22. The summed E-state index contributed by atoms with van der Waals surface area (Å²) in [6, 6.07) is 17.5. The third-order valence-corrected chi connectivity index (χ3v) is 6.08. The summed E-state index contributed by atoms with van der Waals surface area (Å²) in [4.78, 5) is 29.5. The van der Waals surface area contributed by atoms with Gasteiger partial charge in [-0.3, -0.25) is 14.5 Å². The SMILES string of the molecule is O=C(CN1CCN(C(=O)c2cc(C3CC3)nn2-c2ccccc2)CC1)Nc1cccc(F)c1. The van der Waals surface area contributed by atoms with E-state index in [0.29, 0.717) is 43.5 Å². The molecule has 2 aromatic carbocycles. The highest BCUT2D eigenvalue weighted by Gasteiger charge is 2.31. The van der Waals surface area contributed by atoms with Crippen LogP contribution >= 0.6 is 0 Å². The molecule has 2 amide bonds. The third kappa shape index (κ3) is 4.96. The van der Waals surface area contributed by atoms with Crippen molar-refractivity contribution in [2.24, 2.45) is 0 Å². The molecule has 0 unspecified atom stereocenters. The lowest BCUT2D eigenvalue weighted by molar-refractivity contribution is -0.117. The van der Waals surface area contributed by atoms with Crippen LogP contribution in [0, 0.1) is 5.82 Å². The van der Waals surface area contributed by atoms with Gasteiger partial charge in [0.1, 0.15) is 11.5 Å². The van der Waals surface area contributed by atoms with Gasteiger partial charge >= 0.3 is 0 Å². The summed E-state index contributed by atoms with van der Waals surface area (Å²) in [5, 5.41) is 7.46. The number of amides is 2. The number of aromatic nitrogens is 2. The summed E-state index contributed by atoms with van der Waals surface area (Å²) in [6.07, 6.45) is 2.24. The van der Waals surface area contributed by atoms with Crippen molar-refractivity contribution in [3.05, 3.63) is 77.9 Å². The van der Waals surface area contributed by atoms with Gasteiger partial charge in [0, 0.05) is 37.8 Å². The molecule has 0 atom stereocenters. The Morgan fingerprint density at radius 3 is 2.42 bits per heavy atom. The largest absolute Gasteiger partial charge is 0.335 e. The molecule has 0 radical (unpaired) electrons. The monoisotopic (exact) mass is 447 g/mol. The molecule has 1 saturated heterocycles. The quantitative estimate of drug-likeness (QED) is 0.630. The van der Waals surface area contributed by atoms with Crippen LogP contribution in [-0.4, -0.2) is 64.1 Å². The Hall–Kier alpha value is -3.52. The van der Waals surface area contributed by atoms with Crippen LogP contribution in [0.1, 0.15) is 34.9 Å². The van der Waals surface area contributed by atoms with Gasteiger partial charge in [-0.25, -0.2) is 9.07 Å². The number of benzene rings is 2. The molecule has 2 aliphatic rings. The van der Waals surface area contributed by atoms with Crippen LogP contribution in [0.5, 0.6) is 0 Å². The van der Waals surface area contributed by atoms with Crippen molar-refractivity contribution < 1.29 is 14.0 Å². The first-order chi connectivity index (χ1) is 16.1. The van der Waals surface area contributed by atoms with Gasteiger partial charge in [-0.2, -0.15) is 5.10 Å². The highest BCUT2D eigenvalue weighted by atomic mass is 19.1. The minimum atomic E-state index is -0.389. The van der Waals surface area contributed by atoms with Crippen LogP contribution in [0.4, 0.5) is 10.1 Å². The van der Waals surface area contributed by atoms with E-state index < -0.39 is 0 Å². The van der Waals surface area contributed by atoms with E-state index in [1.807, 2.05) is 46.2 Å². The maximum absolute atomic E-state index is 13.4. The molecule has 1 saturated carbocycles. The summed E-state index contributed by atoms with van der Waals surface area (Å²) in [7, 11) is 0. The van der Waals surface area contributed by atoms with Gasteiger partial charge in [-0.1, -0.05) is 24.3 Å². The van der Waals surface area contributed by atoms with E-state index in [1.165, 1.54) is 12.1 Å². The number of halogens is 1. The first-order valence-corrected chi connectivity index (χ1v) is 11.3. The molecular weight excluding hydrogens is 421 g/mol. The second-order valence-electron chi connectivity index (χ2n) is 8.60. The fourth-order valence-electron chi connectivity index (χ4n) is 4.14. The Kier molecular flexibility index (Phi) is 5.92. The zero-order valence-corrected chi connectivity index (χ0v) is 18.3. The second-order valence-corrected chi connectivity index (χ2v) is 8.60. The second kappa shape index (κ2) is 9.15. The number of rotatable bonds is 6. The van der Waals surface area contributed by atoms with Gasteiger partial charge in [-0.05, 0) is 49.2 Å². The standard InChI is InChI=1S/C25H26FN5O2/c26-19-5-4-6-20(15-19)27-24(32)17-29-11-13-30(14-12-29)25(33)23-16-22(18-9-10-18)28-31(23)21-7-2-1-3-8-21/h1-8,15-16,18H,9-14,17H2,(H,27,32). The summed E-state index contributed by atoms with van der Waals surface area (Å²) in [5.74, 6) is -0.173. The molecule has 7 nitrogen and oxygen atoms in total. The molecule has 5 rings (SSSR count). The fraction of sp³-hybridized carbons (Fsp3) is 0.320. The average Bonchev–Trinajstić information content (AvgIpc) is 3.58. The number of nitrogens with zero attached hydrogens (tertiary/aromatic N) is 4. The number of carbonyl (C=O) groups excluding carboxylic acids is 2. The molecular formula is C25H26FN5O2. The van der Waals surface area contributed by atoms with Gasteiger partial charge in [0.25, 0.3) is 5.91 Å². The first kappa shape index (κ1) is 21.3. The van der Waals surface area contributed by atoms with Crippen LogP contribution in [0.15, 0.2) is 60.7 Å². The van der Waals surface area contributed by atoms with E-state index in [2.05, 4.69) is 5.32 Å². The van der Waals surface area contributed by atoms with Crippen molar-refractivity contribution >= 4 is 17.5 Å². The normalized spacial score (nSPS) is 16.6. The van der Waals surface area contributed by atoms with Gasteiger partial charge in [0.05, 0.1) is 17.9 Å². The number of piperazine rings is 1. The topological polar surface area (TPSA) is 70.5 Å². The predicted molar refractivity (Wildman–Crippen MR) is 123 cm³/mol. The molecule has 33 heavy (non-hydrogen) atoms. The zero-order chi connectivity index (χ0) is 22.8. The molecule has 8 heteroatoms. The highest BCUT2D eigenvalue weighted by molar-refractivity contribution is 5.94. The van der Waals surface area contributed by atoms with E-state index >= 15 is 0 Å². The Labute approximate surface area is 191 Å². The van der Waals surface area contributed by atoms with Crippen LogP contribution in [-0.2, 0) is 4.79 Å². The lowest BCUT2D eigenvalue weighted by atomic mass is 10.2. The lowest BCUT2D eigenvalue weighted by Gasteiger charge is -2.34. The fourth-order valence-corrected chi connectivity index (χ4v) is 4.14. The molecule has 1 aliphatic heterocycles. The number of carbonyl (C=O) groups is 2. The molecule has 1 N–H and O–H groups in total. The van der Waals surface area contributed by atoms with Gasteiger partial charge < -0.3 is 10.2 Å². The number of anilines is 1. The van der Waals surface area contributed by atoms with Crippen molar-refractivity contribution in [3.8, 4) is 5.69 Å². The summed E-state index contributed by atoms with van der Waals surface area (Å²) >= 11 is 0. The van der Waals surface area contributed by atoms with Gasteiger partial charge in [0.2, 0.25) is 5.91 Å².